The lowest BCUT2D eigenvalue weighted by molar-refractivity contribution is -0.192. The first-order chi connectivity index (χ1) is 16.1. The lowest BCUT2D eigenvalue weighted by atomic mass is 9.96. The number of carboxylic acids is 1. The van der Waals surface area contributed by atoms with Gasteiger partial charge in [0, 0.05) is 39.8 Å². The molecular weight excluding hydrogens is 457 g/mol. The van der Waals surface area contributed by atoms with Crippen LogP contribution in [0.1, 0.15) is 22.9 Å². The Bertz CT molecular complexity index is 1110. The standard InChI is InChI=1S/C20H22N4O3.C2HF3O2/c1-22-12-21-16-11-23(9-14-4-5-17-18(8-14)27-13-26-17)10-15(19(16)22)20(25)24-6-2-3-7-24;3-2(4,5)1(6)7/h2-5,8,12,15H,6-7,9-11,13H2,1H3;(H,6,7). The first kappa shape index (κ1) is 23.6. The molecule has 0 bridgehead atoms. The lowest BCUT2D eigenvalue weighted by Gasteiger charge is -2.34. The molecule has 9 nitrogen and oxygen atoms in total. The molecule has 12 heteroatoms. The minimum absolute atomic E-state index is 0.181. The van der Waals surface area contributed by atoms with Gasteiger partial charge in [-0.15, -0.1) is 0 Å². The van der Waals surface area contributed by atoms with E-state index in [1.54, 1.807) is 0 Å². The molecular formula is C22H23F3N4O5. The van der Waals surface area contributed by atoms with Crippen molar-refractivity contribution in [3.63, 3.8) is 0 Å². The van der Waals surface area contributed by atoms with Gasteiger partial charge in [0.2, 0.25) is 12.7 Å². The van der Waals surface area contributed by atoms with Crippen molar-refractivity contribution in [1.82, 2.24) is 19.4 Å². The highest BCUT2D eigenvalue weighted by molar-refractivity contribution is 5.84. The predicted molar refractivity (Wildman–Crippen MR) is 112 cm³/mol. The van der Waals surface area contributed by atoms with E-state index in [1.807, 2.05) is 35.0 Å². The number of aryl methyl sites for hydroxylation is 1. The van der Waals surface area contributed by atoms with E-state index in [-0.39, 0.29) is 18.6 Å². The Morgan fingerprint density at radius 2 is 1.85 bits per heavy atom. The number of carboxylic acid groups (broad SMARTS) is 1. The third-order valence-corrected chi connectivity index (χ3v) is 5.72. The van der Waals surface area contributed by atoms with Crippen molar-refractivity contribution in [2.75, 3.05) is 26.4 Å². The normalized spacial score (nSPS) is 18.9. The average molecular weight is 480 g/mol. The maximum atomic E-state index is 13.1. The van der Waals surface area contributed by atoms with Crippen LogP contribution in [0.5, 0.6) is 11.5 Å². The Kier molecular flexibility index (Phi) is 6.51. The van der Waals surface area contributed by atoms with E-state index in [1.165, 1.54) is 0 Å². The number of rotatable bonds is 3. The number of amides is 1. The van der Waals surface area contributed by atoms with Crippen LogP contribution in [-0.2, 0) is 29.7 Å². The second kappa shape index (κ2) is 9.37. The topological polar surface area (TPSA) is 97.1 Å². The van der Waals surface area contributed by atoms with Gasteiger partial charge in [0.1, 0.15) is 0 Å². The number of imidazole rings is 1. The van der Waals surface area contributed by atoms with Crippen LogP contribution in [0.3, 0.4) is 0 Å². The van der Waals surface area contributed by atoms with Crippen LogP contribution in [0.4, 0.5) is 13.2 Å². The molecule has 3 aliphatic heterocycles. The minimum Gasteiger partial charge on any atom is -0.475 e. The van der Waals surface area contributed by atoms with Gasteiger partial charge in [0.15, 0.2) is 11.5 Å². The molecule has 34 heavy (non-hydrogen) atoms. The quantitative estimate of drug-likeness (QED) is 0.674. The highest BCUT2D eigenvalue weighted by atomic mass is 19.4. The largest absolute Gasteiger partial charge is 0.490 e. The molecule has 1 amide bonds. The molecule has 1 aromatic carbocycles. The summed E-state index contributed by atoms with van der Waals surface area (Å²) in [6.07, 6.45) is 0.835. The molecule has 4 heterocycles. The van der Waals surface area contributed by atoms with Gasteiger partial charge in [-0.3, -0.25) is 9.69 Å². The van der Waals surface area contributed by atoms with Crippen molar-refractivity contribution in [3.8, 4) is 11.5 Å². The molecule has 3 aliphatic rings. The summed E-state index contributed by atoms with van der Waals surface area (Å²) < 4.78 is 44.6. The number of halogens is 3. The highest BCUT2D eigenvalue weighted by Crippen LogP contribution is 2.34. The van der Waals surface area contributed by atoms with Gasteiger partial charge in [0.05, 0.1) is 23.6 Å². The third kappa shape index (κ3) is 5.01. The number of fused-ring (bicyclic) bond motifs is 2. The van der Waals surface area contributed by atoms with Gasteiger partial charge in [-0.2, -0.15) is 13.2 Å². The Morgan fingerprint density at radius 1 is 1.18 bits per heavy atom. The molecule has 0 aliphatic carbocycles. The van der Waals surface area contributed by atoms with E-state index in [9.17, 15) is 18.0 Å². The molecule has 5 rings (SSSR count). The van der Waals surface area contributed by atoms with Crippen molar-refractivity contribution in [2.24, 2.45) is 7.05 Å². The van der Waals surface area contributed by atoms with E-state index in [0.717, 1.165) is 41.5 Å². The number of aliphatic carboxylic acids is 1. The zero-order chi connectivity index (χ0) is 24.5. The number of alkyl halides is 3. The smallest absolute Gasteiger partial charge is 0.475 e. The molecule has 0 radical (unpaired) electrons. The summed E-state index contributed by atoms with van der Waals surface area (Å²) in [5.74, 6) is -1.18. The van der Waals surface area contributed by atoms with E-state index >= 15 is 0 Å². The lowest BCUT2D eigenvalue weighted by Crippen LogP contribution is -2.43. The van der Waals surface area contributed by atoms with Crippen LogP contribution in [0.2, 0.25) is 0 Å². The highest BCUT2D eigenvalue weighted by Gasteiger charge is 2.38. The Hall–Kier alpha value is -3.54. The summed E-state index contributed by atoms with van der Waals surface area (Å²) >= 11 is 0. The zero-order valence-electron chi connectivity index (χ0n) is 18.3. The molecule has 182 valence electrons. The minimum atomic E-state index is -5.08. The SMILES string of the molecule is Cn1cnc2c1C(C(=O)N1CC=CC1)CN(Cc1ccc3c(c1)OCO3)C2.O=C(O)C(F)(F)F. The second-order valence-corrected chi connectivity index (χ2v) is 8.11. The average Bonchev–Trinajstić information content (AvgIpc) is 3.54. The Balaban J connectivity index is 0.000000344. The van der Waals surface area contributed by atoms with Gasteiger partial charge in [0.25, 0.3) is 0 Å². The van der Waals surface area contributed by atoms with Crippen LogP contribution in [0.15, 0.2) is 36.7 Å². The number of nitrogens with zero attached hydrogens (tertiary/aromatic N) is 4. The van der Waals surface area contributed by atoms with E-state index < -0.39 is 12.1 Å². The number of carbonyl (C=O) groups is 2. The molecule has 1 unspecified atom stereocenters. The molecule has 2 aromatic rings. The molecule has 0 saturated heterocycles. The monoisotopic (exact) mass is 480 g/mol. The summed E-state index contributed by atoms with van der Waals surface area (Å²) in [6.45, 7) is 3.85. The Labute approximate surface area is 193 Å². The van der Waals surface area contributed by atoms with Gasteiger partial charge < -0.3 is 24.0 Å². The molecule has 0 fully saturated rings. The van der Waals surface area contributed by atoms with E-state index in [2.05, 4.69) is 28.1 Å². The molecule has 0 saturated carbocycles. The summed E-state index contributed by atoms with van der Waals surface area (Å²) in [5.41, 5.74) is 3.19. The van der Waals surface area contributed by atoms with Crippen LogP contribution in [-0.4, -0.2) is 68.9 Å². The number of carbonyl (C=O) groups excluding carboxylic acids is 1. The number of hydrogen-bond acceptors (Lipinski definition) is 6. The first-order valence-corrected chi connectivity index (χ1v) is 10.5. The van der Waals surface area contributed by atoms with Gasteiger partial charge in [-0.05, 0) is 17.7 Å². The van der Waals surface area contributed by atoms with Gasteiger partial charge in [-0.25, -0.2) is 9.78 Å². The Morgan fingerprint density at radius 3 is 2.53 bits per heavy atom. The number of benzene rings is 1. The maximum Gasteiger partial charge on any atom is 0.490 e. The first-order valence-electron chi connectivity index (χ1n) is 10.5. The number of ether oxygens (including phenoxy) is 2. The van der Waals surface area contributed by atoms with E-state index in [4.69, 9.17) is 19.4 Å². The van der Waals surface area contributed by atoms with Crippen molar-refractivity contribution in [3.05, 3.63) is 53.6 Å². The van der Waals surface area contributed by atoms with Crippen molar-refractivity contribution in [1.29, 1.82) is 0 Å². The van der Waals surface area contributed by atoms with E-state index in [0.29, 0.717) is 19.6 Å². The van der Waals surface area contributed by atoms with Crippen LogP contribution < -0.4 is 9.47 Å². The van der Waals surface area contributed by atoms with Crippen molar-refractivity contribution < 1.29 is 37.3 Å². The molecule has 1 aromatic heterocycles. The van der Waals surface area contributed by atoms with Crippen LogP contribution in [0.25, 0.3) is 0 Å². The fourth-order valence-electron chi connectivity index (χ4n) is 4.17. The number of hydrogen-bond donors (Lipinski definition) is 1. The maximum absolute atomic E-state index is 13.1. The summed E-state index contributed by atoms with van der Waals surface area (Å²) in [7, 11) is 1.97. The fourth-order valence-corrected chi connectivity index (χ4v) is 4.17. The number of aromatic nitrogens is 2. The van der Waals surface area contributed by atoms with Crippen molar-refractivity contribution >= 4 is 11.9 Å². The van der Waals surface area contributed by atoms with Crippen molar-refractivity contribution in [2.45, 2.75) is 25.2 Å². The van der Waals surface area contributed by atoms with Crippen LogP contribution in [0, 0.1) is 0 Å². The zero-order valence-corrected chi connectivity index (χ0v) is 18.3. The molecule has 0 spiro atoms. The third-order valence-electron chi connectivity index (χ3n) is 5.72. The molecule has 1 atom stereocenters. The summed E-state index contributed by atoms with van der Waals surface area (Å²) in [5, 5.41) is 7.12. The summed E-state index contributed by atoms with van der Waals surface area (Å²) in [4.78, 5) is 30.8. The molecule has 1 N–H and O–H groups in total. The van der Waals surface area contributed by atoms with Gasteiger partial charge >= 0.3 is 12.1 Å². The van der Waals surface area contributed by atoms with Crippen LogP contribution >= 0.6 is 0 Å². The second-order valence-electron chi connectivity index (χ2n) is 8.11. The fraction of sp³-hybridized carbons (Fsp3) is 0.409. The predicted octanol–water partition coefficient (Wildman–Crippen LogP) is 2.28. The van der Waals surface area contributed by atoms with Gasteiger partial charge in [-0.1, -0.05) is 18.2 Å². The summed E-state index contributed by atoms with van der Waals surface area (Å²) in [6, 6.07) is 6.03.